The Morgan fingerprint density at radius 2 is 1.81 bits per heavy atom. The Balaban J connectivity index is 1.36. The fraction of sp³-hybridized carbons (Fsp3) is 0.391. The Bertz CT molecular complexity index is 1200. The van der Waals surface area contributed by atoms with Crippen LogP contribution in [0.1, 0.15) is 17.2 Å². The Kier molecular flexibility index (Phi) is 6.20. The van der Waals surface area contributed by atoms with E-state index in [0.29, 0.717) is 11.5 Å². The van der Waals surface area contributed by atoms with Crippen molar-refractivity contribution in [2.75, 3.05) is 32.8 Å². The van der Waals surface area contributed by atoms with Crippen molar-refractivity contribution in [3.8, 4) is 11.3 Å². The molecule has 4 aromatic rings. The molecular weight excluding hydrogens is 422 g/mol. The number of rotatable bonds is 7. The van der Waals surface area contributed by atoms with E-state index in [0.717, 1.165) is 73.0 Å². The molecule has 0 aliphatic carbocycles. The lowest BCUT2D eigenvalue weighted by Gasteiger charge is -2.26. The van der Waals surface area contributed by atoms with Crippen molar-refractivity contribution in [3.05, 3.63) is 59.8 Å². The monoisotopic (exact) mass is 449 g/mol. The highest BCUT2D eigenvalue weighted by Crippen LogP contribution is 2.26. The molecule has 4 heterocycles. The molecular formula is C23H27N7OS. The third kappa shape index (κ3) is 4.69. The van der Waals surface area contributed by atoms with E-state index in [-0.39, 0.29) is 0 Å². The molecule has 1 aromatic carbocycles. The minimum Gasteiger partial charge on any atom is -0.379 e. The summed E-state index contributed by atoms with van der Waals surface area (Å²) >= 11 is 1.67. The number of benzene rings is 1. The van der Waals surface area contributed by atoms with Gasteiger partial charge in [-0.2, -0.15) is 4.98 Å². The molecule has 0 unspecified atom stereocenters. The summed E-state index contributed by atoms with van der Waals surface area (Å²) in [6.45, 7) is 9.47. The molecule has 5 rings (SSSR count). The molecule has 0 amide bonds. The molecule has 0 radical (unpaired) electrons. The van der Waals surface area contributed by atoms with Crippen molar-refractivity contribution < 1.29 is 4.74 Å². The summed E-state index contributed by atoms with van der Waals surface area (Å²) in [5.41, 5.74) is 4.11. The quantitative estimate of drug-likeness (QED) is 0.401. The lowest BCUT2D eigenvalue weighted by Crippen LogP contribution is -2.38. The van der Waals surface area contributed by atoms with Gasteiger partial charge in [-0.05, 0) is 19.9 Å². The molecule has 0 saturated carbocycles. The molecule has 1 saturated heterocycles. The van der Waals surface area contributed by atoms with Crippen LogP contribution in [0.3, 0.4) is 0 Å². The minimum atomic E-state index is 0.643. The number of ether oxygens (including phenoxy) is 1. The van der Waals surface area contributed by atoms with Gasteiger partial charge in [0.25, 0.3) is 5.78 Å². The SMILES string of the molecule is Cc1cc(C)n2nc(CSc3nc(-c4ccccc4)cn3CCN3CCOCC3)nc2n1. The highest BCUT2D eigenvalue weighted by Gasteiger charge is 2.15. The molecule has 0 atom stereocenters. The molecule has 9 heteroatoms. The predicted octanol–water partition coefficient (Wildman–Crippen LogP) is 3.23. The van der Waals surface area contributed by atoms with Crippen LogP contribution in [0.2, 0.25) is 0 Å². The Morgan fingerprint density at radius 1 is 1.00 bits per heavy atom. The molecule has 1 aliphatic rings. The highest BCUT2D eigenvalue weighted by atomic mass is 32.2. The van der Waals surface area contributed by atoms with Gasteiger partial charge in [-0.15, -0.1) is 5.10 Å². The molecule has 0 spiro atoms. The van der Waals surface area contributed by atoms with Gasteiger partial charge in [0.05, 0.1) is 24.7 Å². The summed E-state index contributed by atoms with van der Waals surface area (Å²) in [5, 5.41) is 5.63. The second-order valence-corrected chi connectivity index (χ2v) is 8.93. The first-order chi connectivity index (χ1) is 15.7. The Morgan fingerprint density at radius 3 is 2.62 bits per heavy atom. The van der Waals surface area contributed by atoms with Crippen LogP contribution in [-0.4, -0.2) is 66.9 Å². The van der Waals surface area contributed by atoms with Gasteiger partial charge in [0, 0.05) is 49.3 Å². The number of imidazole rings is 1. The van der Waals surface area contributed by atoms with Crippen LogP contribution in [0.4, 0.5) is 0 Å². The van der Waals surface area contributed by atoms with Gasteiger partial charge >= 0.3 is 0 Å². The van der Waals surface area contributed by atoms with Crippen LogP contribution in [0.5, 0.6) is 0 Å². The second-order valence-electron chi connectivity index (χ2n) is 7.99. The first kappa shape index (κ1) is 21.1. The van der Waals surface area contributed by atoms with E-state index in [9.17, 15) is 0 Å². The van der Waals surface area contributed by atoms with Crippen LogP contribution in [0, 0.1) is 13.8 Å². The van der Waals surface area contributed by atoms with Crippen LogP contribution in [0.15, 0.2) is 47.8 Å². The van der Waals surface area contributed by atoms with Gasteiger partial charge in [0.15, 0.2) is 11.0 Å². The molecule has 32 heavy (non-hydrogen) atoms. The first-order valence-electron chi connectivity index (χ1n) is 10.9. The summed E-state index contributed by atoms with van der Waals surface area (Å²) in [6.07, 6.45) is 2.16. The van der Waals surface area contributed by atoms with E-state index < -0.39 is 0 Å². The van der Waals surface area contributed by atoms with Gasteiger partial charge in [-0.3, -0.25) is 4.90 Å². The summed E-state index contributed by atoms with van der Waals surface area (Å²) in [5.74, 6) is 2.06. The average molecular weight is 450 g/mol. The number of aryl methyl sites for hydroxylation is 2. The maximum Gasteiger partial charge on any atom is 0.252 e. The van der Waals surface area contributed by atoms with Crippen LogP contribution < -0.4 is 0 Å². The van der Waals surface area contributed by atoms with E-state index in [4.69, 9.17) is 9.72 Å². The zero-order valence-corrected chi connectivity index (χ0v) is 19.3. The predicted molar refractivity (Wildman–Crippen MR) is 125 cm³/mol. The van der Waals surface area contributed by atoms with Crippen molar-refractivity contribution in [1.29, 1.82) is 0 Å². The van der Waals surface area contributed by atoms with Gasteiger partial charge < -0.3 is 9.30 Å². The molecule has 8 nitrogen and oxygen atoms in total. The van der Waals surface area contributed by atoms with E-state index in [1.165, 1.54) is 0 Å². The Hall–Kier alpha value is -2.75. The van der Waals surface area contributed by atoms with Crippen molar-refractivity contribution in [3.63, 3.8) is 0 Å². The highest BCUT2D eigenvalue weighted by molar-refractivity contribution is 7.98. The summed E-state index contributed by atoms with van der Waals surface area (Å²) in [6, 6.07) is 12.3. The summed E-state index contributed by atoms with van der Waals surface area (Å²) < 4.78 is 9.54. The smallest absolute Gasteiger partial charge is 0.252 e. The molecule has 1 aliphatic heterocycles. The topological polar surface area (TPSA) is 73.4 Å². The lowest BCUT2D eigenvalue weighted by atomic mass is 10.2. The summed E-state index contributed by atoms with van der Waals surface area (Å²) in [4.78, 5) is 16.5. The van der Waals surface area contributed by atoms with E-state index in [1.807, 2.05) is 42.6 Å². The molecule has 1 fully saturated rings. The fourth-order valence-corrected chi connectivity index (χ4v) is 4.75. The number of fused-ring (bicyclic) bond motifs is 1. The number of morpholine rings is 1. The zero-order valence-electron chi connectivity index (χ0n) is 18.4. The van der Waals surface area contributed by atoms with Crippen LogP contribution in [-0.2, 0) is 17.0 Å². The normalized spacial score (nSPS) is 14.9. The first-order valence-corrected chi connectivity index (χ1v) is 11.9. The van der Waals surface area contributed by atoms with Crippen molar-refractivity contribution in [1.82, 2.24) is 34.0 Å². The molecule has 3 aromatic heterocycles. The third-order valence-electron chi connectivity index (χ3n) is 5.56. The van der Waals surface area contributed by atoms with Crippen LogP contribution >= 0.6 is 11.8 Å². The molecule has 0 bridgehead atoms. The fourth-order valence-electron chi connectivity index (χ4n) is 3.89. The van der Waals surface area contributed by atoms with E-state index >= 15 is 0 Å². The van der Waals surface area contributed by atoms with E-state index in [1.54, 1.807) is 11.8 Å². The van der Waals surface area contributed by atoms with Crippen molar-refractivity contribution in [2.45, 2.75) is 31.3 Å². The van der Waals surface area contributed by atoms with Gasteiger partial charge in [0.1, 0.15) is 0 Å². The van der Waals surface area contributed by atoms with E-state index in [2.05, 4.69) is 42.9 Å². The zero-order chi connectivity index (χ0) is 21.9. The minimum absolute atomic E-state index is 0.643. The van der Waals surface area contributed by atoms with Crippen molar-refractivity contribution in [2.24, 2.45) is 0 Å². The van der Waals surface area contributed by atoms with Crippen molar-refractivity contribution >= 4 is 17.5 Å². The number of hydrogen-bond acceptors (Lipinski definition) is 7. The second kappa shape index (κ2) is 9.40. The average Bonchev–Trinajstić information content (AvgIpc) is 3.41. The lowest BCUT2D eigenvalue weighted by molar-refractivity contribution is 0.0361. The Labute approximate surface area is 191 Å². The standard InChI is InChI=1S/C23H27N7OS/c1-17-14-18(2)30-22(24-17)26-21(27-30)16-32-23-25-20(19-6-4-3-5-7-19)15-29(23)9-8-28-10-12-31-13-11-28/h3-7,14-15H,8-13,16H2,1-2H3. The van der Waals surface area contributed by atoms with Crippen LogP contribution in [0.25, 0.3) is 17.0 Å². The molecule has 166 valence electrons. The maximum absolute atomic E-state index is 5.48. The number of thioether (sulfide) groups is 1. The number of hydrogen-bond donors (Lipinski definition) is 0. The molecule has 0 N–H and O–H groups in total. The van der Waals surface area contributed by atoms with Gasteiger partial charge in [-0.25, -0.2) is 14.5 Å². The van der Waals surface area contributed by atoms with Gasteiger partial charge in [-0.1, -0.05) is 42.1 Å². The maximum atomic E-state index is 5.48. The van der Waals surface area contributed by atoms with Gasteiger partial charge in [0.2, 0.25) is 0 Å². The third-order valence-corrected chi connectivity index (χ3v) is 6.55. The number of aromatic nitrogens is 6. The number of nitrogens with zero attached hydrogens (tertiary/aromatic N) is 7. The largest absolute Gasteiger partial charge is 0.379 e. The summed E-state index contributed by atoms with van der Waals surface area (Å²) in [7, 11) is 0.